The van der Waals surface area contributed by atoms with Crippen LogP contribution in [0.4, 0.5) is 5.69 Å². The van der Waals surface area contributed by atoms with Crippen LogP contribution < -0.4 is 0 Å². The number of para-hydroxylation sites is 2. The minimum Gasteiger partial charge on any atom is -0.506 e. The van der Waals surface area contributed by atoms with Crippen molar-refractivity contribution in [1.82, 2.24) is 4.98 Å². The van der Waals surface area contributed by atoms with Crippen LogP contribution in [0.5, 0.6) is 5.75 Å². The molecule has 1 aliphatic rings. The molecule has 3 rings (SSSR count). The van der Waals surface area contributed by atoms with E-state index in [4.69, 9.17) is 0 Å². The Bertz CT molecular complexity index is 718. The minimum absolute atomic E-state index is 0.103. The number of phenolic OH excluding ortho intramolecular Hbond substituents is 1. The number of carbonyl (C=O) groups excluding carboxylic acids is 1. The first-order valence-corrected chi connectivity index (χ1v) is 5.80. The van der Waals surface area contributed by atoms with Crippen LogP contribution in [-0.4, -0.2) is 21.6 Å². The van der Waals surface area contributed by atoms with E-state index >= 15 is 0 Å². The van der Waals surface area contributed by atoms with Crippen molar-refractivity contribution >= 4 is 17.2 Å². The van der Waals surface area contributed by atoms with Crippen LogP contribution in [-0.2, 0) is 0 Å². The van der Waals surface area contributed by atoms with Crippen LogP contribution in [0.2, 0.25) is 0 Å². The van der Waals surface area contributed by atoms with Gasteiger partial charge in [-0.05, 0) is 36.4 Å². The summed E-state index contributed by atoms with van der Waals surface area (Å²) in [6.45, 7) is 0. The van der Waals surface area contributed by atoms with Crippen molar-refractivity contribution in [2.24, 2.45) is 4.99 Å². The summed E-state index contributed by atoms with van der Waals surface area (Å²) < 4.78 is 0. The number of phenols is 1. The highest BCUT2D eigenvalue weighted by Crippen LogP contribution is 2.27. The number of allylic oxidation sites excluding steroid dienone is 2. The van der Waals surface area contributed by atoms with Gasteiger partial charge in [0.15, 0.2) is 0 Å². The first-order valence-electron chi connectivity index (χ1n) is 5.80. The third-order valence-electron chi connectivity index (χ3n) is 2.83. The highest BCUT2D eigenvalue weighted by Gasteiger charge is 2.18. The predicted molar refractivity (Wildman–Crippen MR) is 72.0 cm³/mol. The summed E-state index contributed by atoms with van der Waals surface area (Å²) in [5, 5.41) is 9.73. The number of benzene rings is 1. The quantitative estimate of drug-likeness (QED) is 0.846. The van der Waals surface area contributed by atoms with Crippen molar-refractivity contribution in [2.45, 2.75) is 0 Å². The van der Waals surface area contributed by atoms with Gasteiger partial charge in [0.05, 0.1) is 5.71 Å². The van der Waals surface area contributed by atoms with E-state index in [1.165, 1.54) is 6.08 Å². The van der Waals surface area contributed by atoms with E-state index in [1.54, 1.807) is 48.7 Å². The Morgan fingerprint density at radius 1 is 1.05 bits per heavy atom. The van der Waals surface area contributed by atoms with Crippen molar-refractivity contribution in [1.29, 1.82) is 0 Å². The third-order valence-corrected chi connectivity index (χ3v) is 2.83. The maximum Gasteiger partial charge on any atom is 0.204 e. The molecule has 0 saturated carbocycles. The van der Waals surface area contributed by atoms with Crippen LogP contribution in [0.1, 0.15) is 16.1 Å². The average molecular weight is 250 g/mol. The molecule has 19 heavy (non-hydrogen) atoms. The molecule has 1 N–H and O–H groups in total. The van der Waals surface area contributed by atoms with Crippen molar-refractivity contribution in [3.8, 4) is 5.75 Å². The first-order chi connectivity index (χ1) is 9.25. The molecule has 0 radical (unpaired) electrons. The van der Waals surface area contributed by atoms with Crippen LogP contribution in [0, 0.1) is 0 Å². The summed E-state index contributed by atoms with van der Waals surface area (Å²) in [6.07, 6.45) is 4.65. The van der Waals surface area contributed by atoms with Gasteiger partial charge in [-0.3, -0.25) is 9.78 Å². The number of aromatic hydroxyl groups is 1. The Morgan fingerprint density at radius 2 is 1.89 bits per heavy atom. The van der Waals surface area contributed by atoms with Crippen molar-refractivity contribution in [3.63, 3.8) is 0 Å². The summed E-state index contributed by atoms with van der Waals surface area (Å²) >= 11 is 0. The maximum atomic E-state index is 11.7. The molecule has 1 aromatic heterocycles. The number of nitrogens with zero attached hydrogens (tertiary/aromatic N) is 2. The van der Waals surface area contributed by atoms with Crippen molar-refractivity contribution in [2.75, 3.05) is 0 Å². The predicted octanol–water partition coefficient (Wildman–Crippen LogP) is 2.66. The molecule has 0 spiro atoms. The van der Waals surface area contributed by atoms with Gasteiger partial charge in [-0.1, -0.05) is 12.1 Å². The fourth-order valence-corrected chi connectivity index (χ4v) is 1.92. The number of pyridine rings is 1. The van der Waals surface area contributed by atoms with E-state index < -0.39 is 0 Å². The first kappa shape index (κ1) is 11.3. The fourth-order valence-electron chi connectivity index (χ4n) is 1.92. The number of aromatic nitrogens is 1. The summed E-state index contributed by atoms with van der Waals surface area (Å²) in [7, 11) is 0. The smallest absolute Gasteiger partial charge is 0.204 e. The second-order valence-electron chi connectivity index (χ2n) is 4.08. The lowest BCUT2D eigenvalue weighted by atomic mass is 9.99. The summed E-state index contributed by atoms with van der Waals surface area (Å²) in [6, 6.07) is 10.4. The van der Waals surface area contributed by atoms with Gasteiger partial charge in [-0.25, -0.2) is 4.99 Å². The number of hydrogen-bond donors (Lipinski definition) is 1. The van der Waals surface area contributed by atoms with E-state index in [1.807, 2.05) is 0 Å². The van der Waals surface area contributed by atoms with Crippen LogP contribution in [0.25, 0.3) is 0 Å². The molecule has 0 amide bonds. The Balaban J connectivity index is 2.15. The standard InChI is InChI=1S/C15H10N2O2/c18-13-6-2-1-5-12(13)17-11-7-8-14(19)15-10(11)4-3-9-16-15/h1-9,18H. The molecule has 0 fully saturated rings. The lowest BCUT2D eigenvalue weighted by Gasteiger charge is -2.10. The van der Waals surface area contributed by atoms with Crippen LogP contribution >= 0.6 is 0 Å². The van der Waals surface area contributed by atoms with Gasteiger partial charge >= 0.3 is 0 Å². The number of ketones is 1. The molecule has 92 valence electrons. The zero-order chi connectivity index (χ0) is 13.2. The zero-order valence-corrected chi connectivity index (χ0v) is 9.95. The Labute approximate surface area is 109 Å². The van der Waals surface area contributed by atoms with Gasteiger partial charge in [-0.2, -0.15) is 0 Å². The fraction of sp³-hybridized carbons (Fsp3) is 0. The third kappa shape index (κ3) is 2.04. The SMILES string of the molecule is O=C1C=CC(=Nc2ccccc2O)c2cccnc21. The van der Waals surface area contributed by atoms with Gasteiger partial charge in [0.2, 0.25) is 5.78 Å². The molecule has 2 aromatic rings. The summed E-state index contributed by atoms with van der Waals surface area (Å²) in [5.74, 6) is -0.0300. The normalized spacial score (nSPS) is 15.6. The molecule has 0 saturated heterocycles. The number of rotatable bonds is 1. The number of aliphatic imine (C=N–C) groups is 1. The summed E-state index contributed by atoms with van der Waals surface area (Å²) in [5.41, 5.74) is 2.15. The van der Waals surface area contributed by atoms with E-state index in [2.05, 4.69) is 9.98 Å². The Morgan fingerprint density at radius 3 is 2.74 bits per heavy atom. The largest absolute Gasteiger partial charge is 0.506 e. The maximum absolute atomic E-state index is 11.7. The lowest BCUT2D eigenvalue weighted by Crippen LogP contribution is -2.13. The Kier molecular flexibility index (Phi) is 2.68. The lowest BCUT2D eigenvalue weighted by molar-refractivity contribution is 0.104. The molecule has 0 bridgehead atoms. The minimum atomic E-state index is -0.133. The Hall–Kier alpha value is -2.75. The van der Waals surface area contributed by atoms with E-state index in [9.17, 15) is 9.90 Å². The summed E-state index contributed by atoms with van der Waals surface area (Å²) in [4.78, 5) is 20.1. The number of carbonyl (C=O) groups is 1. The number of fused-ring (bicyclic) bond motifs is 1. The van der Waals surface area contributed by atoms with Gasteiger partial charge < -0.3 is 5.11 Å². The topological polar surface area (TPSA) is 62.5 Å². The van der Waals surface area contributed by atoms with Gasteiger partial charge in [0.1, 0.15) is 17.1 Å². The van der Waals surface area contributed by atoms with E-state index in [0.29, 0.717) is 22.7 Å². The molecule has 0 unspecified atom stereocenters. The second kappa shape index (κ2) is 4.49. The van der Waals surface area contributed by atoms with E-state index in [-0.39, 0.29) is 11.5 Å². The average Bonchev–Trinajstić information content (AvgIpc) is 2.44. The van der Waals surface area contributed by atoms with Crippen molar-refractivity contribution < 1.29 is 9.90 Å². The van der Waals surface area contributed by atoms with E-state index in [0.717, 1.165) is 0 Å². The van der Waals surface area contributed by atoms with Gasteiger partial charge in [-0.15, -0.1) is 0 Å². The van der Waals surface area contributed by atoms with Crippen molar-refractivity contribution in [3.05, 3.63) is 66.0 Å². The van der Waals surface area contributed by atoms with Gasteiger partial charge in [0, 0.05) is 11.8 Å². The molecule has 4 heteroatoms. The van der Waals surface area contributed by atoms with Gasteiger partial charge in [0.25, 0.3) is 0 Å². The zero-order valence-electron chi connectivity index (χ0n) is 9.95. The van der Waals surface area contributed by atoms with Crippen LogP contribution in [0.15, 0.2) is 59.7 Å². The molecule has 0 aliphatic heterocycles. The monoisotopic (exact) mass is 250 g/mol. The molecular formula is C15H10N2O2. The molecule has 1 heterocycles. The molecule has 0 atom stereocenters. The molecule has 4 nitrogen and oxygen atoms in total. The molecule has 1 aromatic carbocycles. The molecule has 1 aliphatic carbocycles. The molecular weight excluding hydrogens is 240 g/mol. The number of hydrogen-bond acceptors (Lipinski definition) is 4. The second-order valence-corrected chi connectivity index (χ2v) is 4.08. The highest BCUT2D eigenvalue weighted by molar-refractivity contribution is 6.23. The highest BCUT2D eigenvalue weighted by atomic mass is 16.3. The van der Waals surface area contributed by atoms with Crippen LogP contribution in [0.3, 0.4) is 0 Å².